The molecule has 0 bridgehead atoms. The summed E-state index contributed by atoms with van der Waals surface area (Å²) >= 11 is 4.78. The van der Waals surface area contributed by atoms with Gasteiger partial charge in [0.15, 0.2) is 0 Å². The number of benzene rings is 1. The normalized spacial score (nSPS) is 10.0. The monoisotopic (exact) mass is 278 g/mol. The average molecular weight is 278 g/mol. The zero-order valence-corrected chi connectivity index (χ0v) is 10.9. The third kappa shape index (κ3) is 3.14. The number of anilines is 2. The molecule has 0 fully saturated rings. The zero-order valence-electron chi connectivity index (χ0n) is 10.1. The lowest BCUT2D eigenvalue weighted by atomic mass is 10.3. The molecule has 0 amide bonds. The highest BCUT2D eigenvalue weighted by atomic mass is 32.1. The minimum Gasteiger partial charge on any atom is -0.494 e. The maximum atomic E-state index is 13.1. The number of thiocarbonyl (C=S) groups is 1. The van der Waals surface area contributed by atoms with Crippen LogP contribution in [0.5, 0.6) is 5.75 Å². The van der Waals surface area contributed by atoms with Gasteiger partial charge in [0.2, 0.25) is 0 Å². The zero-order chi connectivity index (χ0) is 13.8. The molecule has 7 heteroatoms. The summed E-state index contributed by atoms with van der Waals surface area (Å²) in [6, 6.07) is 4.15. The van der Waals surface area contributed by atoms with Crippen molar-refractivity contribution < 1.29 is 9.13 Å². The smallest absolute Gasteiger partial charge is 0.149 e. The molecule has 2 aromatic rings. The number of hydrogen-bond acceptors (Lipinski definition) is 5. The summed E-state index contributed by atoms with van der Waals surface area (Å²) in [5.41, 5.74) is 6.45. The summed E-state index contributed by atoms with van der Waals surface area (Å²) in [5.74, 6) is 0.474. The number of nitrogens with two attached hydrogens (primary N) is 1. The second-order valence-electron chi connectivity index (χ2n) is 3.62. The summed E-state index contributed by atoms with van der Waals surface area (Å²) in [4.78, 5) is 8.32. The molecule has 0 aliphatic carbocycles. The van der Waals surface area contributed by atoms with Crippen LogP contribution in [0.15, 0.2) is 30.6 Å². The fourth-order valence-electron chi connectivity index (χ4n) is 1.43. The number of aromatic nitrogens is 2. The maximum Gasteiger partial charge on any atom is 0.149 e. The van der Waals surface area contributed by atoms with Crippen molar-refractivity contribution in [2.75, 3.05) is 12.4 Å². The molecule has 1 aromatic carbocycles. The summed E-state index contributed by atoms with van der Waals surface area (Å²) < 4.78 is 18.1. The fraction of sp³-hybridized carbons (Fsp3) is 0.0833. The van der Waals surface area contributed by atoms with E-state index in [9.17, 15) is 4.39 Å². The molecule has 0 saturated carbocycles. The van der Waals surface area contributed by atoms with Crippen molar-refractivity contribution in [2.24, 2.45) is 5.73 Å². The van der Waals surface area contributed by atoms with E-state index in [1.165, 1.54) is 31.6 Å². The van der Waals surface area contributed by atoms with Crippen LogP contribution in [-0.2, 0) is 0 Å². The van der Waals surface area contributed by atoms with Crippen molar-refractivity contribution in [1.29, 1.82) is 0 Å². The molecule has 0 spiro atoms. The molecule has 0 aliphatic heterocycles. The van der Waals surface area contributed by atoms with Crippen LogP contribution >= 0.6 is 12.2 Å². The highest BCUT2D eigenvalue weighted by molar-refractivity contribution is 7.80. The van der Waals surface area contributed by atoms with Gasteiger partial charge in [0.25, 0.3) is 0 Å². The maximum absolute atomic E-state index is 13.1. The molecule has 98 valence electrons. The number of ether oxygens (including phenoxy) is 1. The minimum absolute atomic E-state index is 0.179. The van der Waals surface area contributed by atoms with Crippen molar-refractivity contribution in [2.45, 2.75) is 0 Å². The van der Waals surface area contributed by atoms with Crippen molar-refractivity contribution in [3.8, 4) is 5.75 Å². The molecular weight excluding hydrogens is 267 g/mol. The molecule has 0 unspecified atom stereocenters. The van der Waals surface area contributed by atoms with Crippen LogP contribution in [0, 0.1) is 5.82 Å². The Hall–Kier alpha value is -2.28. The van der Waals surface area contributed by atoms with E-state index in [2.05, 4.69) is 15.3 Å². The molecule has 0 radical (unpaired) electrons. The van der Waals surface area contributed by atoms with Crippen LogP contribution in [-0.4, -0.2) is 22.1 Å². The summed E-state index contributed by atoms with van der Waals surface area (Å²) in [6.07, 6.45) is 2.94. The first-order valence-electron chi connectivity index (χ1n) is 5.32. The first-order valence-corrected chi connectivity index (χ1v) is 5.73. The molecule has 19 heavy (non-hydrogen) atoms. The highest BCUT2D eigenvalue weighted by Crippen LogP contribution is 2.27. The minimum atomic E-state index is -0.377. The Labute approximate surface area is 114 Å². The Bertz CT molecular complexity index is 603. The van der Waals surface area contributed by atoms with Gasteiger partial charge in [0.05, 0.1) is 25.2 Å². The molecule has 1 heterocycles. The molecule has 3 N–H and O–H groups in total. The second kappa shape index (κ2) is 5.57. The summed E-state index contributed by atoms with van der Waals surface area (Å²) in [5, 5.41) is 2.97. The molecule has 1 aromatic heterocycles. The van der Waals surface area contributed by atoms with E-state index >= 15 is 0 Å². The van der Waals surface area contributed by atoms with Gasteiger partial charge in [0, 0.05) is 6.07 Å². The number of nitrogens with zero attached hydrogens (tertiary/aromatic N) is 2. The van der Waals surface area contributed by atoms with Gasteiger partial charge >= 0.3 is 0 Å². The third-order valence-corrected chi connectivity index (χ3v) is 2.54. The average Bonchev–Trinajstić information content (AvgIpc) is 2.41. The predicted octanol–water partition coefficient (Wildman–Crippen LogP) is 2.00. The van der Waals surface area contributed by atoms with Gasteiger partial charge in [-0.15, -0.1) is 0 Å². The molecule has 0 atom stereocenters. The lowest BCUT2D eigenvalue weighted by Crippen LogP contribution is -2.12. The van der Waals surface area contributed by atoms with E-state index in [1.807, 2.05) is 0 Å². The molecule has 5 nitrogen and oxygen atoms in total. The molecule has 0 saturated heterocycles. The number of halogens is 1. The van der Waals surface area contributed by atoms with E-state index in [4.69, 9.17) is 22.7 Å². The SMILES string of the molecule is COc1cc(F)ccc1Nc1cnc(C(N)=S)cn1. The first kappa shape index (κ1) is 13.2. The fourth-order valence-corrected chi connectivity index (χ4v) is 1.53. The Morgan fingerprint density at radius 1 is 1.37 bits per heavy atom. The number of rotatable bonds is 4. The molecule has 2 rings (SSSR count). The molecule has 0 aliphatic rings. The van der Waals surface area contributed by atoms with Gasteiger partial charge in [-0.05, 0) is 12.1 Å². The molecular formula is C12H11FN4OS. The topological polar surface area (TPSA) is 73.1 Å². The third-order valence-electron chi connectivity index (χ3n) is 2.33. The van der Waals surface area contributed by atoms with E-state index in [1.54, 1.807) is 6.07 Å². The number of hydrogen-bond donors (Lipinski definition) is 2. The second-order valence-corrected chi connectivity index (χ2v) is 4.06. The summed E-state index contributed by atoms with van der Waals surface area (Å²) in [7, 11) is 1.46. The van der Waals surface area contributed by atoms with Crippen LogP contribution in [0.3, 0.4) is 0 Å². The van der Waals surface area contributed by atoms with Crippen LogP contribution in [0.1, 0.15) is 5.69 Å². The Balaban J connectivity index is 2.23. The predicted molar refractivity (Wildman–Crippen MR) is 74.2 cm³/mol. The van der Waals surface area contributed by atoms with Crippen LogP contribution in [0.2, 0.25) is 0 Å². The Morgan fingerprint density at radius 2 is 2.16 bits per heavy atom. The van der Waals surface area contributed by atoms with Gasteiger partial charge in [-0.25, -0.2) is 14.4 Å². The first-order chi connectivity index (χ1) is 9.10. The van der Waals surface area contributed by atoms with Crippen LogP contribution in [0.25, 0.3) is 0 Å². The largest absolute Gasteiger partial charge is 0.494 e. The van der Waals surface area contributed by atoms with Crippen LogP contribution in [0.4, 0.5) is 15.9 Å². The Morgan fingerprint density at radius 3 is 2.74 bits per heavy atom. The number of nitrogens with one attached hydrogen (secondary N) is 1. The van der Waals surface area contributed by atoms with E-state index in [-0.39, 0.29) is 10.8 Å². The van der Waals surface area contributed by atoms with Crippen molar-refractivity contribution in [3.05, 3.63) is 42.1 Å². The van der Waals surface area contributed by atoms with Gasteiger partial charge in [-0.2, -0.15) is 0 Å². The van der Waals surface area contributed by atoms with Crippen molar-refractivity contribution in [1.82, 2.24) is 9.97 Å². The highest BCUT2D eigenvalue weighted by Gasteiger charge is 2.06. The lowest BCUT2D eigenvalue weighted by molar-refractivity contribution is 0.413. The standard InChI is InChI=1S/C12H11FN4OS/c1-18-10-4-7(13)2-3-8(10)17-11-6-15-9(5-16-11)12(14)19/h2-6H,1H3,(H2,14,19)(H,16,17). The number of methoxy groups -OCH3 is 1. The van der Waals surface area contributed by atoms with Crippen molar-refractivity contribution >= 4 is 28.7 Å². The van der Waals surface area contributed by atoms with Gasteiger partial charge in [-0.1, -0.05) is 12.2 Å². The van der Waals surface area contributed by atoms with Gasteiger partial charge < -0.3 is 15.8 Å². The quantitative estimate of drug-likeness (QED) is 0.833. The van der Waals surface area contributed by atoms with Gasteiger partial charge in [0.1, 0.15) is 28.1 Å². The van der Waals surface area contributed by atoms with E-state index in [0.29, 0.717) is 22.9 Å². The van der Waals surface area contributed by atoms with Crippen molar-refractivity contribution in [3.63, 3.8) is 0 Å². The Kier molecular flexibility index (Phi) is 3.86. The van der Waals surface area contributed by atoms with Crippen LogP contribution < -0.4 is 15.8 Å². The lowest BCUT2D eigenvalue weighted by Gasteiger charge is -2.10. The van der Waals surface area contributed by atoms with E-state index in [0.717, 1.165) is 0 Å². The van der Waals surface area contributed by atoms with E-state index < -0.39 is 0 Å². The summed E-state index contributed by atoms with van der Waals surface area (Å²) in [6.45, 7) is 0. The van der Waals surface area contributed by atoms with Gasteiger partial charge in [-0.3, -0.25) is 0 Å².